The minimum Gasteiger partial charge on any atom is -0.309 e. The van der Waals surface area contributed by atoms with Gasteiger partial charge in [-0.15, -0.1) is 0 Å². The van der Waals surface area contributed by atoms with Crippen molar-refractivity contribution < 1.29 is 4.79 Å². The Hall–Kier alpha value is -0.540. The fourth-order valence-electron chi connectivity index (χ4n) is 0.893. The lowest BCUT2D eigenvalue weighted by molar-refractivity contribution is -0.115. The Morgan fingerprint density at radius 3 is 2.62 bits per heavy atom. The topological polar surface area (TPSA) is 32.3 Å². The van der Waals surface area contributed by atoms with Crippen LogP contribution in [0.1, 0.15) is 19.8 Å². The smallest absolute Gasteiger partial charge is 0.260 e. The second kappa shape index (κ2) is 6.92. The van der Waals surface area contributed by atoms with Gasteiger partial charge in [-0.2, -0.15) is 0 Å². The zero-order chi connectivity index (χ0) is 10.3. The summed E-state index contributed by atoms with van der Waals surface area (Å²) in [6.45, 7) is 2.79. The number of carbonyl (C=O) groups excluding carboxylic acids is 1. The Labute approximate surface area is 84.9 Å². The van der Waals surface area contributed by atoms with Gasteiger partial charge in [0, 0.05) is 17.3 Å². The predicted octanol–water partition coefficient (Wildman–Crippen LogP) is 1.54. The number of halogens is 1. The number of rotatable bonds is 5. The molecule has 0 spiro atoms. The zero-order valence-corrected chi connectivity index (χ0v) is 9.19. The van der Waals surface area contributed by atoms with E-state index in [1.165, 1.54) is 0 Å². The van der Waals surface area contributed by atoms with Crippen molar-refractivity contribution in [1.29, 1.82) is 0 Å². The standard InChI is InChI=1S/C9H17ClN2O/c1-8(9(13)11-10)6-4-5-7-12(2)3/h6H,4-5,7H2,1-3H3,(H,11,13). The van der Waals surface area contributed by atoms with E-state index in [2.05, 4.69) is 9.74 Å². The molecule has 0 unspecified atom stereocenters. The summed E-state index contributed by atoms with van der Waals surface area (Å²) in [5.41, 5.74) is 0.675. The minimum atomic E-state index is -0.216. The fourth-order valence-corrected chi connectivity index (χ4v) is 1.04. The van der Waals surface area contributed by atoms with Crippen molar-refractivity contribution in [2.24, 2.45) is 0 Å². The van der Waals surface area contributed by atoms with Crippen molar-refractivity contribution in [3.63, 3.8) is 0 Å². The number of unbranched alkanes of at least 4 members (excludes halogenated alkanes) is 1. The quantitative estimate of drug-likeness (QED) is 0.419. The Morgan fingerprint density at radius 1 is 1.54 bits per heavy atom. The van der Waals surface area contributed by atoms with Gasteiger partial charge in [0.15, 0.2) is 0 Å². The largest absolute Gasteiger partial charge is 0.309 e. The lowest BCUT2D eigenvalue weighted by Crippen LogP contribution is -2.14. The maximum atomic E-state index is 10.9. The van der Waals surface area contributed by atoms with Gasteiger partial charge in [-0.05, 0) is 40.4 Å². The number of nitrogens with one attached hydrogen (secondary N) is 1. The maximum Gasteiger partial charge on any atom is 0.260 e. The van der Waals surface area contributed by atoms with Gasteiger partial charge >= 0.3 is 0 Å². The lowest BCUT2D eigenvalue weighted by atomic mass is 10.2. The number of amides is 1. The Balaban J connectivity index is 3.65. The van der Waals surface area contributed by atoms with Gasteiger partial charge in [-0.1, -0.05) is 6.08 Å². The third-order valence-electron chi connectivity index (χ3n) is 1.70. The molecule has 0 saturated carbocycles. The number of hydrogen-bond donors (Lipinski definition) is 1. The van der Waals surface area contributed by atoms with E-state index in [-0.39, 0.29) is 5.91 Å². The van der Waals surface area contributed by atoms with Crippen molar-refractivity contribution >= 4 is 17.7 Å². The van der Waals surface area contributed by atoms with Crippen molar-refractivity contribution in [2.45, 2.75) is 19.8 Å². The molecule has 1 amide bonds. The van der Waals surface area contributed by atoms with Crippen molar-refractivity contribution in [3.8, 4) is 0 Å². The van der Waals surface area contributed by atoms with Crippen LogP contribution in [0.25, 0.3) is 0 Å². The first-order valence-electron chi connectivity index (χ1n) is 4.30. The van der Waals surface area contributed by atoms with Gasteiger partial charge < -0.3 is 4.90 Å². The normalized spacial score (nSPS) is 11.9. The summed E-state index contributed by atoms with van der Waals surface area (Å²) in [4.78, 5) is 15.1. The van der Waals surface area contributed by atoms with E-state index in [4.69, 9.17) is 11.8 Å². The first-order chi connectivity index (χ1) is 6.07. The van der Waals surface area contributed by atoms with Crippen molar-refractivity contribution in [1.82, 2.24) is 9.74 Å². The van der Waals surface area contributed by atoms with Crippen molar-refractivity contribution in [3.05, 3.63) is 11.6 Å². The van der Waals surface area contributed by atoms with E-state index < -0.39 is 0 Å². The number of nitrogens with zero attached hydrogens (tertiary/aromatic N) is 1. The van der Waals surface area contributed by atoms with Gasteiger partial charge in [-0.25, -0.2) is 0 Å². The zero-order valence-electron chi connectivity index (χ0n) is 8.43. The van der Waals surface area contributed by atoms with E-state index in [0.717, 1.165) is 19.4 Å². The number of allylic oxidation sites excluding steroid dienone is 1. The van der Waals surface area contributed by atoms with Gasteiger partial charge in [0.05, 0.1) is 0 Å². The van der Waals surface area contributed by atoms with Crippen LogP contribution < -0.4 is 4.84 Å². The molecule has 0 heterocycles. The molecule has 0 aromatic rings. The van der Waals surface area contributed by atoms with Crippen LogP contribution >= 0.6 is 11.8 Å². The lowest BCUT2D eigenvalue weighted by Gasteiger charge is -2.07. The third-order valence-corrected chi connectivity index (χ3v) is 1.88. The van der Waals surface area contributed by atoms with E-state index in [1.807, 2.05) is 20.2 Å². The molecule has 0 saturated heterocycles. The summed E-state index contributed by atoms with van der Waals surface area (Å²) in [5.74, 6) is -0.216. The maximum absolute atomic E-state index is 10.9. The average Bonchev–Trinajstić information content (AvgIpc) is 2.10. The van der Waals surface area contributed by atoms with E-state index in [1.54, 1.807) is 6.92 Å². The van der Waals surface area contributed by atoms with Crippen LogP contribution in [-0.4, -0.2) is 31.4 Å². The summed E-state index contributed by atoms with van der Waals surface area (Å²) in [6, 6.07) is 0. The molecule has 0 aliphatic carbocycles. The van der Waals surface area contributed by atoms with Crippen LogP contribution in [0.5, 0.6) is 0 Å². The predicted molar refractivity (Wildman–Crippen MR) is 55.5 cm³/mol. The summed E-state index contributed by atoms with van der Waals surface area (Å²) >= 11 is 5.16. The average molecular weight is 205 g/mol. The molecule has 0 aliphatic rings. The monoisotopic (exact) mass is 204 g/mol. The Bertz CT molecular complexity index is 190. The van der Waals surface area contributed by atoms with Gasteiger partial charge in [0.1, 0.15) is 0 Å². The highest BCUT2D eigenvalue weighted by molar-refractivity contribution is 6.23. The van der Waals surface area contributed by atoms with Crippen molar-refractivity contribution in [2.75, 3.05) is 20.6 Å². The summed E-state index contributed by atoms with van der Waals surface area (Å²) in [6.07, 6.45) is 3.87. The highest BCUT2D eigenvalue weighted by Crippen LogP contribution is 1.99. The van der Waals surface area contributed by atoms with E-state index in [9.17, 15) is 4.79 Å². The van der Waals surface area contributed by atoms with Crippen LogP contribution in [0.15, 0.2) is 11.6 Å². The summed E-state index contributed by atoms with van der Waals surface area (Å²) < 4.78 is 0. The molecule has 1 N–H and O–H groups in total. The van der Waals surface area contributed by atoms with Gasteiger partial charge in [-0.3, -0.25) is 9.63 Å². The van der Waals surface area contributed by atoms with E-state index >= 15 is 0 Å². The molecule has 0 atom stereocenters. The molecule has 3 nitrogen and oxygen atoms in total. The molecule has 0 rings (SSSR count). The number of carbonyl (C=O) groups is 1. The van der Waals surface area contributed by atoms with Crippen LogP contribution in [0, 0.1) is 0 Å². The summed E-state index contributed by atoms with van der Waals surface area (Å²) in [7, 11) is 4.06. The van der Waals surface area contributed by atoms with Crippen LogP contribution in [-0.2, 0) is 4.79 Å². The molecule has 0 radical (unpaired) electrons. The molecule has 0 aromatic carbocycles. The second-order valence-corrected chi connectivity index (χ2v) is 3.45. The third kappa shape index (κ3) is 6.61. The molecule has 0 bridgehead atoms. The first kappa shape index (κ1) is 12.5. The van der Waals surface area contributed by atoms with Crippen LogP contribution in [0.3, 0.4) is 0 Å². The fraction of sp³-hybridized carbons (Fsp3) is 0.667. The van der Waals surface area contributed by atoms with Gasteiger partial charge in [0.25, 0.3) is 5.91 Å². The highest BCUT2D eigenvalue weighted by atomic mass is 35.5. The second-order valence-electron chi connectivity index (χ2n) is 3.26. The molecule has 0 fully saturated rings. The molecular weight excluding hydrogens is 188 g/mol. The SMILES string of the molecule is CC(=CCCCN(C)C)C(=O)NCl. The molecule has 0 aliphatic heterocycles. The van der Waals surface area contributed by atoms with Gasteiger partial charge in [0.2, 0.25) is 0 Å². The summed E-state index contributed by atoms with van der Waals surface area (Å²) in [5, 5.41) is 0. The molecule has 76 valence electrons. The van der Waals surface area contributed by atoms with Crippen LogP contribution in [0.4, 0.5) is 0 Å². The molecular formula is C9H17ClN2O. The minimum absolute atomic E-state index is 0.216. The van der Waals surface area contributed by atoms with Crippen LogP contribution in [0.2, 0.25) is 0 Å². The molecule has 13 heavy (non-hydrogen) atoms. The first-order valence-corrected chi connectivity index (χ1v) is 4.68. The number of hydrogen-bond acceptors (Lipinski definition) is 2. The molecule has 4 heteroatoms. The Morgan fingerprint density at radius 2 is 2.15 bits per heavy atom. The Kier molecular flexibility index (Phi) is 6.63. The molecule has 0 aromatic heterocycles. The van der Waals surface area contributed by atoms with E-state index in [0.29, 0.717) is 5.57 Å². The highest BCUT2D eigenvalue weighted by Gasteiger charge is 1.99.